The number of piperidine rings is 1. The SMILES string of the molecule is C[C@@H]1CN(C)CC[C@@H]1CCc1ccc(NC(=O)Cc2n[nH]c(=O)c3ccccc23)cc1. The van der Waals surface area contributed by atoms with E-state index in [2.05, 4.69) is 46.5 Å². The van der Waals surface area contributed by atoms with E-state index in [4.69, 9.17) is 0 Å². The number of aromatic amines is 1. The number of H-pyrrole nitrogens is 1. The van der Waals surface area contributed by atoms with Crippen LogP contribution in [0, 0.1) is 11.8 Å². The molecule has 2 atom stereocenters. The summed E-state index contributed by atoms with van der Waals surface area (Å²) >= 11 is 0. The molecule has 1 saturated heterocycles. The monoisotopic (exact) mass is 418 g/mol. The lowest BCUT2D eigenvalue weighted by atomic mass is 9.83. The normalized spacial score (nSPS) is 19.4. The number of hydrogen-bond acceptors (Lipinski definition) is 4. The maximum atomic E-state index is 12.5. The number of aryl methyl sites for hydroxylation is 1. The quantitative estimate of drug-likeness (QED) is 0.641. The van der Waals surface area contributed by atoms with Crippen LogP contribution in [0.5, 0.6) is 0 Å². The van der Waals surface area contributed by atoms with Gasteiger partial charge in [-0.1, -0.05) is 37.3 Å². The maximum absolute atomic E-state index is 12.5. The van der Waals surface area contributed by atoms with Gasteiger partial charge in [0.15, 0.2) is 0 Å². The first-order valence-corrected chi connectivity index (χ1v) is 11.0. The Balaban J connectivity index is 1.33. The lowest BCUT2D eigenvalue weighted by Gasteiger charge is -2.34. The van der Waals surface area contributed by atoms with Crippen molar-refractivity contribution in [1.29, 1.82) is 0 Å². The van der Waals surface area contributed by atoms with Gasteiger partial charge in [-0.25, -0.2) is 5.10 Å². The Morgan fingerprint density at radius 3 is 2.65 bits per heavy atom. The van der Waals surface area contributed by atoms with E-state index >= 15 is 0 Å². The molecule has 1 aliphatic rings. The number of benzene rings is 2. The van der Waals surface area contributed by atoms with E-state index in [0.29, 0.717) is 16.5 Å². The first-order chi connectivity index (χ1) is 15.0. The summed E-state index contributed by atoms with van der Waals surface area (Å²) in [5, 5.41) is 10.7. The summed E-state index contributed by atoms with van der Waals surface area (Å²) in [4.78, 5) is 26.9. The van der Waals surface area contributed by atoms with Gasteiger partial charge in [-0.3, -0.25) is 9.59 Å². The molecule has 4 rings (SSSR count). The number of nitrogens with zero attached hydrogens (tertiary/aromatic N) is 2. The van der Waals surface area contributed by atoms with E-state index in [1.807, 2.05) is 24.3 Å². The van der Waals surface area contributed by atoms with Gasteiger partial charge < -0.3 is 10.2 Å². The van der Waals surface area contributed by atoms with E-state index in [0.717, 1.165) is 23.9 Å². The van der Waals surface area contributed by atoms with Crippen LogP contribution in [0.1, 0.15) is 31.0 Å². The first kappa shape index (κ1) is 21.2. The topological polar surface area (TPSA) is 78.1 Å². The van der Waals surface area contributed by atoms with Crippen LogP contribution in [-0.4, -0.2) is 41.1 Å². The smallest absolute Gasteiger partial charge is 0.272 e. The van der Waals surface area contributed by atoms with Crippen molar-refractivity contribution in [3.05, 3.63) is 70.1 Å². The van der Waals surface area contributed by atoms with Crippen molar-refractivity contribution in [2.24, 2.45) is 11.8 Å². The van der Waals surface area contributed by atoms with Crippen LogP contribution >= 0.6 is 0 Å². The van der Waals surface area contributed by atoms with Gasteiger partial charge in [0, 0.05) is 17.6 Å². The van der Waals surface area contributed by atoms with Crippen molar-refractivity contribution in [3.8, 4) is 0 Å². The Labute approximate surface area is 182 Å². The third-order valence-corrected chi connectivity index (χ3v) is 6.43. The second-order valence-electron chi connectivity index (χ2n) is 8.79. The molecule has 162 valence electrons. The second kappa shape index (κ2) is 9.43. The number of carbonyl (C=O) groups is 1. The van der Waals surface area contributed by atoms with Gasteiger partial charge in [-0.2, -0.15) is 5.10 Å². The molecule has 2 heterocycles. The average molecular weight is 419 g/mol. The highest BCUT2D eigenvalue weighted by Gasteiger charge is 2.23. The highest BCUT2D eigenvalue weighted by molar-refractivity contribution is 5.95. The number of fused-ring (bicyclic) bond motifs is 1. The number of anilines is 1. The van der Waals surface area contributed by atoms with Gasteiger partial charge in [-0.05, 0) is 68.5 Å². The lowest BCUT2D eigenvalue weighted by Crippen LogP contribution is -2.36. The summed E-state index contributed by atoms with van der Waals surface area (Å²) in [6.07, 6.45) is 3.66. The molecule has 0 radical (unpaired) electrons. The van der Waals surface area contributed by atoms with Crippen molar-refractivity contribution in [2.75, 3.05) is 25.5 Å². The van der Waals surface area contributed by atoms with Crippen molar-refractivity contribution < 1.29 is 4.79 Å². The fourth-order valence-electron chi connectivity index (χ4n) is 4.60. The number of hydrogen-bond donors (Lipinski definition) is 2. The van der Waals surface area contributed by atoms with Crippen LogP contribution in [0.25, 0.3) is 10.8 Å². The van der Waals surface area contributed by atoms with Crippen LogP contribution in [-0.2, 0) is 17.6 Å². The molecule has 0 saturated carbocycles. The van der Waals surface area contributed by atoms with Gasteiger partial charge in [0.2, 0.25) is 5.91 Å². The minimum atomic E-state index is -0.245. The zero-order chi connectivity index (χ0) is 21.8. The molecule has 1 amide bonds. The van der Waals surface area contributed by atoms with Crippen molar-refractivity contribution >= 4 is 22.4 Å². The Morgan fingerprint density at radius 2 is 1.90 bits per heavy atom. The van der Waals surface area contributed by atoms with Gasteiger partial charge in [0.05, 0.1) is 17.5 Å². The molecule has 0 aliphatic carbocycles. The summed E-state index contributed by atoms with van der Waals surface area (Å²) in [6.45, 7) is 4.74. The van der Waals surface area contributed by atoms with Crippen LogP contribution in [0.2, 0.25) is 0 Å². The molecule has 6 nitrogen and oxygen atoms in total. The predicted molar refractivity (Wildman–Crippen MR) is 124 cm³/mol. The summed E-state index contributed by atoms with van der Waals surface area (Å²) in [5.74, 6) is 1.38. The first-order valence-electron chi connectivity index (χ1n) is 11.0. The highest BCUT2D eigenvalue weighted by Crippen LogP contribution is 2.27. The Kier molecular flexibility index (Phi) is 6.47. The number of carbonyl (C=O) groups excluding carboxylic acids is 1. The van der Waals surface area contributed by atoms with Gasteiger partial charge in [0.25, 0.3) is 5.56 Å². The Morgan fingerprint density at radius 1 is 1.16 bits per heavy atom. The molecule has 2 N–H and O–H groups in total. The number of amides is 1. The average Bonchev–Trinajstić information content (AvgIpc) is 2.76. The van der Waals surface area contributed by atoms with Crippen LogP contribution < -0.4 is 10.9 Å². The number of rotatable bonds is 6. The van der Waals surface area contributed by atoms with Gasteiger partial charge in [0.1, 0.15) is 0 Å². The molecule has 3 aromatic rings. The zero-order valence-electron chi connectivity index (χ0n) is 18.2. The molecule has 6 heteroatoms. The molecule has 2 aromatic carbocycles. The predicted octanol–water partition coefficient (Wildman–Crippen LogP) is 3.62. The minimum absolute atomic E-state index is 0.104. The van der Waals surface area contributed by atoms with E-state index < -0.39 is 0 Å². The minimum Gasteiger partial charge on any atom is -0.326 e. The number of aromatic nitrogens is 2. The van der Waals surface area contributed by atoms with Crippen molar-refractivity contribution in [1.82, 2.24) is 15.1 Å². The van der Waals surface area contributed by atoms with E-state index in [1.165, 1.54) is 31.5 Å². The van der Waals surface area contributed by atoms with Crippen LogP contribution in [0.15, 0.2) is 53.3 Å². The molecule has 0 bridgehead atoms. The summed E-state index contributed by atoms with van der Waals surface area (Å²) < 4.78 is 0. The molecule has 0 unspecified atom stereocenters. The Bertz CT molecular complexity index is 1110. The van der Waals surface area contributed by atoms with Crippen molar-refractivity contribution in [3.63, 3.8) is 0 Å². The van der Waals surface area contributed by atoms with Crippen LogP contribution in [0.3, 0.4) is 0 Å². The summed E-state index contributed by atoms with van der Waals surface area (Å²) in [7, 11) is 2.20. The summed E-state index contributed by atoms with van der Waals surface area (Å²) in [6, 6.07) is 15.3. The van der Waals surface area contributed by atoms with Gasteiger partial charge >= 0.3 is 0 Å². The fraction of sp³-hybridized carbons (Fsp3) is 0.400. The molecule has 1 fully saturated rings. The second-order valence-corrected chi connectivity index (χ2v) is 8.79. The number of nitrogens with one attached hydrogen (secondary N) is 2. The van der Waals surface area contributed by atoms with E-state index in [1.54, 1.807) is 12.1 Å². The summed E-state index contributed by atoms with van der Waals surface area (Å²) in [5.41, 5.74) is 2.40. The van der Waals surface area contributed by atoms with E-state index in [9.17, 15) is 9.59 Å². The maximum Gasteiger partial charge on any atom is 0.272 e. The lowest BCUT2D eigenvalue weighted by molar-refractivity contribution is -0.115. The molecular formula is C25H30N4O2. The third-order valence-electron chi connectivity index (χ3n) is 6.43. The Hall–Kier alpha value is -2.99. The highest BCUT2D eigenvalue weighted by atomic mass is 16.1. The molecule has 0 spiro atoms. The molecule has 1 aliphatic heterocycles. The fourth-order valence-corrected chi connectivity index (χ4v) is 4.60. The molecule has 1 aromatic heterocycles. The molecule has 31 heavy (non-hydrogen) atoms. The standard InChI is InChI=1S/C25H30N4O2/c1-17-16-29(2)14-13-19(17)10-7-18-8-11-20(12-9-18)26-24(30)15-23-21-5-3-4-6-22(21)25(31)28-27-23/h3-6,8-9,11-12,17,19H,7,10,13-16H2,1-2H3,(H,26,30)(H,28,31)/t17-,19+/m1/s1. The third kappa shape index (κ3) is 5.20. The largest absolute Gasteiger partial charge is 0.326 e. The molecular weight excluding hydrogens is 388 g/mol. The van der Waals surface area contributed by atoms with Gasteiger partial charge in [-0.15, -0.1) is 0 Å². The number of likely N-dealkylation sites (tertiary alicyclic amines) is 1. The van der Waals surface area contributed by atoms with Crippen LogP contribution in [0.4, 0.5) is 5.69 Å². The van der Waals surface area contributed by atoms with Crippen molar-refractivity contribution in [2.45, 2.75) is 32.6 Å². The zero-order valence-corrected chi connectivity index (χ0v) is 18.2. The van der Waals surface area contributed by atoms with E-state index in [-0.39, 0.29) is 17.9 Å².